The van der Waals surface area contributed by atoms with Gasteiger partial charge >= 0.3 is 0 Å². The summed E-state index contributed by atoms with van der Waals surface area (Å²) < 4.78 is 2.50. The average molecular weight is 462 g/mol. The van der Waals surface area contributed by atoms with Gasteiger partial charge in [0.25, 0.3) is 0 Å². The van der Waals surface area contributed by atoms with Gasteiger partial charge < -0.3 is 4.57 Å². The van der Waals surface area contributed by atoms with Crippen LogP contribution >= 0.6 is 0 Å². The normalized spacial score (nSPS) is 16.2. The molecule has 3 aromatic carbocycles. The fourth-order valence-electron chi connectivity index (χ4n) is 5.56. The molecule has 1 aliphatic carbocycles. The van der Waals surface area contributed by atoms with Gasteiger partial charge in [0, 0.05) is 12.1 Å². The Morgan fingerprint density at radius 2 is 1.60 bits per heavy atom. The van der Waals surface area contributed by atoms with E-state index in [1.807, 2.05) is 0 Å². The highest BCUT2D eigenvalue weighted by Crippen LogP contribution is 2.32. The number of para-hydroxylation sites is 2. The first-order chi connectivity index (χ1) is 17.3. The molecule has 0 N–H and O–H groups in total. The molecule has 6 rings (SSSR count). The summed E-state index contributed by atoms with van der Waals surface area (Å²) in [5, 5.41) is 11.8. The predicted octanol–water partition coefficient (Wildman–Crippen LogP) is 7.24. The van der Waals surface area contributed by atoms with E-state index in [-0.39, 0.29) is 0 Å². The zero-order valence-corrected chi connectivity index (χ0v) is 20.1. The number of nitrogens with zero attached hydrogens (tertiary/aromatic N) is 5. The Bertz CT molecular complexity index is 1370. The van der Waals surface area contributed by atoms with Crippen molar-refractivity contribution < 1.29 is 0 Å². The van der Waals surface area contributed by atoms with Gasteiger partial charge in [-0.2, -0.15) is 5.11 Å². The van der Waals surface area contributed by atoms with E-state index in [2.05, 4.69) is 92.8 Å². The first kappa shape index (κ1) is 21.9. The van der Waals surface area contributed by atoms with Crippen LogP contribution in [0.25, 0.3) is 22.4 Å². The molecule has 0 radical (unpaired) electrons. The molecule has 0 atom stereocenters. The molecule has 0 bridgehead atoms. The second kappa shape index (κ2) is 9.95. The van der Waals surface area contributed by atoms with Crippen LogP contribution in [0, 0.1) is 5.92 Å². The molecule has 35 heavy (non-hydrogen) atoms. The van der Waals surface area contributed by atoms with E-state index in [9.17, 15) is 0 Å². The predicted molar refractivity (Wildman–Crippen MR) is 142 cm³/mol. The van der Waals surface area contributed by atoms with Gasteiger partial charge in [-0.1, -0.05) is 79.9 Å². The maximum atomic E-state index is 5.15. The molecule has 176 valence electrons. The van der Waals surface area contributed by atoms with E-state index in [1.165, 1.54) is 54.3 Å². The number of imidazole rings is 1. The summed E-state index contributed by atoms with van der Waals surface area (Å²) >= 11 is 0. The molecule has 0 spiro atoms. The molecule has 0 amide bonds. The van der Waals surface area contributed by atoms with Crippen molar-refractivity contribution in [2.24, 2.45) is 21.4 Å². The van der Waals surface area contributed by atoms with Gasteiger partial charge in [-0.3, -0.25) is 0 Å². The second-order valence-corrected chi connectivity index (χ2v) is 9.83. The molecule has 2 aliphatic rings. The Labute approximate surface area is 206 Å². The Kier molecular flexibility index (Phi) is 6.22. The zero-order valence-electron chi connectivity index (χ0n) is 20.1. The van der Waals surface area contributed by atoms with Crippen molar-refractivity contribution in [1.82, 2.24) is 9.55 Å². The van der Waals surface area contributed by atoms with Crippen LogP contribution in [0.4, 0.5) is 0 Å². The summed E-state index contributed by atoms with van der Waals surface area (Å²) in [5.74, 6) is 1.87. The summed E-state index contributed by atoms with van der Waals surface area (Å²) in [6, 6.07) is 26.1. The van der Waals surface area contributed by atoms with Crippen LogP contribution in [0.5, 0.6) is 0 Å². The molecule has 0 saturated heterocycles. The van der Waals surface area contributed by atoms with Crippen LogP contribution in [0.1, 0.15) is 48.8 Å². The van der Waals surface area contributed by atoms with Gasteiger partial charge in [-0.15, -0.1) is 5.10 Å². The molecular weight excluding hydrogens is 430 g/mol. The minimum Gasteiger partial charge on any atom is -0.324 e. The molecule has 5 heteroatoms. The van der Waals surface area contributed by atoms with Crippen molar-refractivity contribution in [3.05, 3.63) is 89.5 Å². The SMILES string of the molecule is c1ccc(-c2nc3ccccc3n2CC2CCCCC2)c(CCc2ccc(C3=NN=NC3)cc2)c1. The molecule has 1 aromatic heterocycles. The Balaban J connectivity index is 1.27. The monoisotopic (exact) mass is 461 g/mol. The largest absolute Gasteiger partial charge is 0.324 e. The molecule has 2 heterocycles. The minimum absolute atomic E-state index is 0.578. The standard InChI is InChI=1S/C30H31N5/c1-2-8-23(9-3-1)21-35-29-13-7-6-12-27(29)32-30(35)26-11-5-4-10-24(26)17-14-22-15-18-25(19-16-22)28-20-31-34-33-28/h4-7,10-13,15-16,18-19,23H,1-3,8-9,14,17,20-21H2. The zero-order chi connectivity index (χ0) is 23.5. The third-order valence-corrected chi connectivity index (χ3v) is 7.50. The van der Waals surface area contributed by atoms with Crippen molar-refractivity contribution in [3.63, 3.8) is 0 Å². The highest BCUT2D eigenvalue weighted by molar-refractivity contribution is 6.02. The van der Waals surface area contributed by atoms with E-state index in [1.54, 1.807) is 0 Å². The van der Waals surface area contributed by atoms with E-state index >= 15 is 0 Å². The second-order valence-electron chi connectivity index (χ2n) is 9.83. The first-order valence-electron chi connectivity index (χ1n) is 12.9. The molecule has 1 aliphatic heterocycles. The molecule has 5 nitrogen and oxygen atoms in total. The van der Waals surface area contributed by atoms with Crippen molar-refractivity contribution >= 4 is 16.7 Å². The lowest BCUT2D eigenvalue weighted by molar-refractivity contribution is 0.323. The fraction of sp³-hybridized carbons (Fsp3) is 0.333. The van der Waals surface area contributed by atoms with Gasteiger partial charge in [0.05, 0.1) is 16.7 Å². The smallest absolute Gasteiger partial charge is 0.141 e. The first-order valence-corrected chi connectivity index (χ1v) is 12.9. The van der Waals surface area contributed by atoms with Gasteiger partial charge in [0.15, 0.2) is 0 Å². The Morgan fingerprint density at radius 3 is 2.43 bits per heavy atom. The van der Waals surface area contributed by atoms with E-state index in [0.717, 1.165) is 47.9 Å². The summed E-state index contributed by atoms with van der Waals surface area (Å²) in [4.78, 5) is 5.15. The molecular formula is C30H31N5. The number of hydrogen-bond acceptors (Lipinski definition) is 4. The van der Waals surface area contributed by atoms with Crippen LogP contribution in [0.3, 0.4) is 0 Å². The summed E-state index contributed by atoms with van der Waals surface area (Å²) in [7, 11) is 0. The quantitative estimate of drug-likeness (QED) is 0.286. The topological polar surface area (TPSA) is 54.9 Å². The van der Waals surface area contributed by atoms with Crippen LogP contribution in [0.2, 0.25) is 0 Å². The van der Waals surface area contributed by atoms with Crippen LogP contribution in [-0.2, 0) is 19.4 Å². The number of rotatable bonds is 7. The van der Waals surface area contributed by atoms with Gasteiger partial charge in [-0.05, 0) is 65.6 Å². The van der Waals surface area contributed by atoms with E-state index in [0.29, 0.717) is 6.54 Å². The number of aryl methyl sites for hydroxylation is 2. The number of fused-ring (bicyclic) bond motifs is 1. The summed E-state index contributed by atoms with van der Waals surface area (Å²) in [6.07, 6.45) is 8.74. The lowest BCUT2D eigenvalue weighted by Crippen LogP contribution is -2.15. The number of benzene rings is 3. The average Bonchev–Trinajstić information content (AvgIpc) is 3.58. The summed E-state index contributed by atoms with van der Waals surface area (Å²) in [6.45, 7) is 1.64. The van der Waals surface area contributed by atoms with Gasteiger partial charge in [0.2, 0.25) is 0 Å². The van der Waals surface area contributed by atoms with Crippen LogP contribution in [0.15, 0.2) is 88.2 Å². The lowest BCUT2D eigenvalue weighted by Gasteiger charge is -2.23. The Hall–Kier alpha value is -3.60. The number of hydrogen-bond donors (Lipinski definition) is 0. The summed E-state index contributed by atoms with van der Waals surface area (Å²) in [5.41, 5.74) is 8.35. The molecule has 1 fully saturated rings. The maximum absolute atomic E-state index is 5.15. The van der Waals surface area contributed by atoms with Crippen LogP contribution < -0.4 is 0 Å². The highest BCUT2D eigenvalue weighted by Gasteiger charge is 2.20. The maximum Gasteiger partial charge on any atom is 0.141 e. The van der Waals surface area contributed by atoms with Gasteiger partial charge in [0.1, 0.15) is 12.4 Å². The highest BCUT2D eigenvalue weighted by atomic mass is 15.4. The van der Waals surface area contributed by atoms with Crippen molar-refractivity contribution in [3.8, 4) is 11.4 Å². The fourth-order valence-corrected chi connectivity index (χ4v) is 5.56. The molecule has 4 aromatic rings. The van der Waals surface area contributed by atoms with E-state index < -0.39 is 0 Å². The number of aromatic nitrogens is 2. The molecule has 1 saturated carbocycles. The Morgan fingerprint density at radius 1 is 0.800 bits per heavy atom. The lowest BCUT2D eigenvalue weighted by atomic mass is 9.89. The van der Waals surface area contributed by atoms with Gasteiger partial charge in [-0.25, -0.2) is 4.98 Å². The minimum atomic E-state index is 0.578. The third-order valence-electron chi connectivity index (χ3n) is 7.50. The van der Waals surface area contributed by atoms with Crippen molar-refractivity contribution in [2.45, 2.75) is 51.5 Å². The van der Waals surface area contributed by atoms with Crippen molar-refractivity contribution in [1.29, 1.82) is 0 Å². The van der Waals surface area contributed by atoms with E-state index in [4.69, 9.17) is 4.98 Å². The molecule has 0 unspecified atom stereocenters. The van der Waals surface area contributed by atoms with Crippen molar-refractivity contribution in [2.75, 3.05) is 6.54 Å². The third kappa shape index (κ3) is 4.68. The van der Waals surface area contributed by atoms with Crippen LogP contribution in [-0.4, -0.2) is 21.8 Å².